The van der Waals surface area contributed by atoms with Gasteiger partial charge in [-0.1, -0.05) is 100.0 Å². The highest BCUT2D eigenvalue weighted by Gasteiger charge is 2.55. The maximum Gasteiger partial charge on any atom is 0.323 e. The Hall–Kier alpha value is -5.03. The van der Waals surface area contributed by atoms with E-state index in [0.29, 0.717) is 0 Å². The van der Waals surface area contributed by atoms with Gasteiger partial charge in [0, 0.05) is 27.5 Å². The molecule has 9 rings (SSSR count). The Morgan fingerprint density at radius 1 is 0.755 bits per heavy atom. The van der Waals surface area contributed by atoms with E-state index in [9.17, 15) is 4.79 Å². The van der Waals surface area contributed by atoms with Gasteiger partial charge >= 0.3 is 5.69 Å². The van der Waals surface area contributed by atoms with Crippen molar-refractivity contribution in [2.75, 3.05) is 7.11 Å². The Bertz CT molecular complexity index is 2390. The van der Waals surface area contributed by atoms with Crippen LogP contribution >= 0.6 is 0 Å². The lowest BCUT2D eigenvalue weighted by Crippen LogP contribution is -2.44. The molecule has 1 saturated carbocycles. The molecule has 0 saturated heterocycles. The summed E-state index contributed by atoms with van der Waals surface area (Å²) in [5.41, 5.74) is 10.2. The average molecular weight is 647 g/mol. The maximum atomic E-state index is 12.7. The van der Waals surface area contributed by atoms with Crippen LogP contribution in [0.3, 0.4) is 0 Å². The molecule has 49 heavy (non-hydrogen) atoms. The third-order valence-electron chi connectivity index (χ3n) is 11.4. The summed E-state index contributed by atoms with van der Waals surface area (Å²) >= 11 is 0. The topological polar surface area (TPSA) is 67.1 Å². The lowest BCUT2D eigenvalue weighted by atomic mass is 9.52. The molecular weight excluding hydrogens is 604 g/mol. The first-order valence-corrected chi connectivity index (χ1v) is 17.4. The van der Waals surface area contributed by atoms with Crippen LogP contribution < -0.4 is 15.2 Å². The van der Waals surface area contributed by atoms with Gasteiger partial charge in [0.05, 0.1) is 18.1 Å². The molecule has 1 fully saturated rings. The number of nitrogens with one attached hydrogen (secondary N) is 2. The first-order chi connectivity index (χ1) is 23.4. The predicted octanol–water partition coefficient (Wildman–Crippen LogP) is 10.2. The molecule has 1 spiro atoms. The summed E-state index contributed by atoms with van der Waals surface area (Å²) in [5.74, 6) is 1.65. The van der Waals surface area contributed by atoms with Crippen LogP contribution in [0.15, 0.2) is 95.8 Å². The molecule has 1 atom stereocenters. The second-order valence-electron chi connectivity index (χ2n) is 16.3. The minimum absolute atomic E-state index is 0.127. The highest BCUT2D eigenvalue weighted by atomic mass is 16.5. The largest absolute Gasteiger partial charge is 0.497 e. The van der Waals surface area contributed by atoms with Crippen molar-refractivity contribution in [2.24, 2.45) is 10.8 Å². The van der Waals surface area contributed by atoms with E-state index in [4.69, 9.17) is 9.47 Å². The van der Waals surface area contributed by atoms with Crippen LogP contribution in [0, 0.1) is 17.8 Å². The molecule has 3 aliphatic rings. The van der Waals surface area contributed by atoms with E-state index < -0.39 is 5.60 Å². The van der Waals surface area contributed by atoms with Gasteiger partial charge in [-0.15, -0.1) is 0 Å². The summed E-state index contributed by atoms with van der Waals surface area (Å²) in [7, 11) is 1.69. The van der Waals surface area contributed by atoms with Gasteiger partial charge in [-0.25, -0.2) is 4.79 Å². The summed E-state index contributed by atoms with van der Waals surface area (Å²) in [6, 6.07) is 30.2. The van der Waals surface area contributed by atoms with Gasteiger partial charge in [0.2, 0.25) is 0 Å². The molecule has 5 nitrogen and oxygen atoms in total. The molecule has 1 unspecified atom stereocenters. The van der Waals surface area contributed by atoms with E-state index in [0.717, 1.165) is 62.8 Å². The van der Waals surface area contributed by atoms with Crippen LogP contribution in [-0.2, 0) is 11.0 Å². The molecule has 0 amide bonds. The van der Waals surface area contributed by atoms with Crippen LogP contribution in [0.25, 0.3) is 39.0 Å². The fourth-order valence-electron chi connectivity index (χ4n) is 10.3. The van der Waals surface area contributed by atoms with Crippen molar-refractivity contribution in [1.82, 2.24) is 9.97 Å². The van der Waals surface area contributed by atoms with E-state index in [1.54, 1.807) is 7.11 Å². The lowest BCUT2D eigenvalue weighted by Gasteiger charge is -2.52. The van der Waals surface area contributed by atoms with Gasteiger partial charge in [0.1, 0.15) is 11.5 Å². The quantitative estimate of drug-likeness (QED) is 0.201. The smallest absolute Gasteiger partial charge is 0.323 e. The first kappa shape index (κ1) is 30.1. The molecule has 2 heterocycles. The SMILES string of the molecule is COc1ccc(C2(c3ccc(C)cc3)C=Cc3c4c(c5cc6[nH]c(=O)[nH]c6cc5c3O2)-c2ccccc2C42CC(C)(C)CC(C)(C)C2)cc1. The second-order valence-corrected chi connectivity index (χ2v) is 16.3. The van der Waals surface area contributed by atoms with Crippen molar-refractivity contribution < 1.29 is 9.47 Å². The Morgan fingerprint density at radius 2 is 1.37 bits per heavy atom. The predicted molar refractivity (Wildman–Crippen MR) is 199 cm³/mol. The summed E-state index contributed by atoms with van der Waals surface area (Å²) in [6.07, 6.45) is 7.86. The van der Waals surface area contributed by atoms with E-state index >= 15 is 0 Å². The number of ether oxygens (including phenoxy) is 2. The van der Waals surface area contributed by atoms with E-state index in [1.165, 1.54) is 34.2 Å². The fourth-order valence-corrected chi connectivity index (χ4v) is 10.3. The Balaban J connectivity index is 1.41. The van der Waals surface area contributed by atoms with Gasteiger partial charge in [-0.2, -0.15) is 0 Å². The molecule has 246 valence electrons. The minimum Gasteiger partial charge on any atom is -0.497 e. The highest BCUT2D eigenvalue weighted by molar-refractivity contribution is 6.12. The normalized spacial score (nSPS) is 20.9. The lowest BCUT2D eigenvalue weighted by molar-refractivity contribution is 0.0642. The van der Waals surface area contributed by atoms with Crippen molar-refractivity contribution in [3.63, 3.8) is 0 Å². The van der Waals surface area contributed by atoms with Gasteiger partial charge in [0.15, 0.2) is 5.60 Å². The van der Waals surface area contributed by atoms with Crippen molar-refractivity contribution >= 4 is 27.9 Å². The zero-order valence-electron chi connectivity index (χ0n) is 29.1. The van der Waals surface area contributed by atoms with E-state index in [-0.39, 0.29) is 21.9 Å². The number of fused-ring (bicyclic) bond motifs is 11. The van der Waals surface area contributed by atoms with Crippen LogP contribution in [-0.4, -0.2) is 17.1 Å². The molecule has 6 aromatic rings. The maximum absolute atomic E-state index is 12.7. The summed E-state index contributed by atoms with van der Waals surface area (Å²) in [4.78, 5) is 18.7. The van der Waals surface area contributed by atoms with Crippen LogP contribution in [0.4, 0.5) is 0 Å². The Labute approximate surface area is 287 Å². The highest BCUT2D eigenvalue weighted by Crippen LogP contribution is 2.67. The van der Waals surface area contributed by atoms with Gasteiger partial charge in [-0.3, -0.25) is 0 Å². The molecule has 5 heteroatoms. The number of aromatic nitrogens is 2. The number of imidazole rings is 1. The third kappa shape index (κ3) is 4.34. The molecule has 2 N–H and O–H groups in total. The van der Waals surface area contributed by atoms with E-state index in [1.807, 2.05) is 12.1 Å². The van der Waals surface area contributed by atoms with Crippen LogP contribution in [0.5, 0.6) is 11.5 Å². The Morgan fingerprint density at radius 3 is 2.02 bits per heavy atom. The molecule has 1 aromatic heterocycles. The zero-order valence-corrected chi connectivity index (χ0v) is 29.1. The summed E-state index contributed by atoms with van der Waals surface area (Å²) < 4.78 is 13.2. The second kappa shape index (κ2) is 10.0. The molecule has 5 aromatic carbocycles. The fraction of sp³-hybridized carbons (Fsp3) is 0.295. The molecular formula is C44H42N2O3. The number of aromatic amines is 2. The zero-order chi connectivity index (χ0) is 33.9. The van der Waals surface area contributed by atoms with Crippen LogP contribution in [0.2, 0.25) is 0 Å². The monoisotopic (exact) mass is 646 g/mol. The summed E-state index contributed by atoms with van der Waals surface area (Å²) in [5, 5.41) is 2.09. The number of hydrogen-bond donors (Lipinski definition) is 2. The molecule has 2 aliphatic carbocycles. The molecule has 0 radical (unpaired) electrons. The number of aryl methyl sites for hydroxylation is 1. The van der Waals surface area contributed by atoms with Crippen molar-refractivity contribution in [3.05, 3.63) is 135 Å². The third-order valence-corrected chi connectivity index (χ3v) is 11.4. The van der Waals surface area contributed by atoms with Crippen LogP contribution in [0.1, 0.15) is 80.3 Å². The summed E-state index contributed by atoms with van der Waals surface area (Å²) in [6.45, 7) is 11.9. The van der Waals surface area contributed by atoms with E-state index in [2.05, 4.69) is 130 Å². The Kier molecular flexibility index (Phi) is 6.14. The van der Waals surface area contributed by atoms with Gasteiger partial charge < -0.3 is 19.4 Å². The number of hydrogen-bond acceptors (Lipinski definition) is 3. The molecule has 1 aliphatic heterocycles. The first-order valence-electron chi connectivity index (χ1n) is 17.4. The van der Waals surface area contributed by atoms with Crippen molar-refractivity contribution in [3.8, 4) is 22.6 Å². The number of rotatable bonds is 3. The van der Waals surface area contributed by atoms with Gasteiger partial charge in [0.25, 0.3) is 0 Å². The number of methoxy groups -OCH3 is 1. The average Bonchev–Trinajstić information content (AvgIpc) is 3.56. The standard InChI is InChI=1S/C44H42N2O3/c1-26-11-13-27(14-12-26)44(28-15-17-29(48-6)18-16-28)20-19-31-38-37(32-21-35-36(46-40(47)45-35)22-33(32)39(31)49-44)30-9-7-8-10-34(30)43(38)24-41(2,3)23-42(4,5)25-43/h7-22H,23-25H2,1-6H3,(H2,45,46,47). The molecule has 0 bridgehead atoms. The number of H-pyrrole nitrogens is 2. The minimum atomic E-state index is -0.891. The van der Waals surface area contributed by atoms with Gasteiger partial charge in [-0.05, 0) is 95.0 Å². The van der Waals surface area contributed by atoms with Crippen molar-refractivity contribution in [2.45, 2.75) is 64.9 Å². The number of benzene rings is 5. The van der Waals surface area contributed by atoms with Crippen molar-refractivity contribution in [1.29, 1.82) is 0 Å².